The molecule has 6 nitrogen and oxygen atoms in total. The monoisotopic (exact) mass is 961 g/mol. The molecule has 378 valence electrons. The fourth-order valence-corrected chi connectivity index (χ4v) is 14.2. The highest BCUT2D eigenvalue weighted by atomic mass is 15.0. The maximum Gasteiger partial charge on any atom is 0.0505 e. The first-order valence-corrected chi connectivity index (χ1v) is 27.1. The van der Waals surface area contributed by atoms with Gasteiger partial charge < -0.3 is 31.9 Å². The fourth-order valence-electron chi connectivity index (χ4n) is 14.2. The number of fused-ring (bicyclic) bond motifs is 3. The average Bonchev–Trinajstić information content (AvgIpc) is 3.32. The maximum atomic E-state index is 4.31. The first-order chi connectivity index (χ1) is 34.1. The molecular formula is C66H84N6. The number of hydrogen-bond donors (Lipinski definition) is 6. The van der Waals surface area contributed by atoms with E-state index in [4.69, 9.17) is 0 Å². The van der Waals surface area contributed by atoms with Crippen molar-refractivity contribution in [2.24, 2.45) is 10.8 Å². The van der Waals surface area contributed by atoms with Crippen LogP contribution in [0.1, 0.15) is 156 Å². The molecule has 6 aromatic rings. The third kappa shape index (κ3) is 9.75. The molecule has 9 rings (SSSR count). The molecule has 0 saturated heterocycles. The summed E-state index contributed by atoms with van der Waals surface area (Å²) in [5, 5.41) is 23.9. The van der Waals surface area contributed by atoms with Gasteiger partial charge in [-0.25, -0.2) is 0 Å². The highest BCUT2D eigenvalue weighted by Crippen LogP contribution is 2.62. The third-order valence-electron chi connectivity index (χ3n) is 17.6. The van der Waals surface area contributed by atoms with Crippen molar-refractivity contribution in [2.75, 3.05) is 31.9 Å². The second-order valence-electron chi connectivity index (χ2n) is 24.7. The van der Waals surface area contributed by atoms with Crippen molar-refractivity contribution in [3.8, 4) is 0 Å². The third-order valence-corrected chi connectivity index (χ3v) is 17.6. The number of nitrogens with one attached hydrogen (secondary N) is 6. The molecule has 3 heterocycles. The van der Waals surface area contributed by atoms with E-state index in [-0.39, 0.29) is 38.3 Å². The number of para-hydroxylation sites is 3. The van der Waals surface area contributed by atoms with Crippen LogP contribution in [0.4, 0.5) is 51.2 Å². The lowest BCUT2D eigenvalue weighted by atomic mass is 9.50. The van der Waals surface area contributed by atoms with Crippen LogP contribution in [0, 0.1) is 10.8 Å². The predicted octanol–water partition coefficient (Wildman–Crippen LogP) is 18.3. The normalized spacial score (nSPS) is 21.2. The van der Waals surface area contributed by atoms with Crippen LogP contribution in [0.25, 0.3) is 5.57 Å². The molecule has 0 radical (unpaired) electrons. The Balaban J connectivity index is 1.22. The summed E-state index contributed by atoms with van der Waals surface area (Å²) in [5.41, 5.74) is 17.7. The Bertz CT molecular complexity index is 2930. The van der Waals surface area contributed by atoms with Gasteiger partial charge in [0.25, 0.3) is 0 Å². The number of benzene rings is 6. The minimum absolute atomic E-state index is 0.104. The van der Waals surface area contributed by atoms with Gasteiger partial charge in [0.15, 0.2) is 0 Å². The van der Waals surface area contributed by atoms with E-state index in [2.05, 4.69) is 261 Å². The van der Waals surface area contributed by atoms with Crippen molar-refractivity contribution in [2.45, 2.75) is 169 Å². The van der Waals surface area contributed by atoms with Crippen molar-refractivity contribution in [1.82, 2.24) is 0 Å². The van der Waals surface area contributed by atoms with Crippen LogP contribution in [-0.2, 0) is 23.7 Å². The van der Waals surface area contributed by atoms with Gasteiger partial charge in [-0.05, 0) is 211 Å². The summed E-state index contributed by atoms with van der Waals surface area (Å²) in [7, 11) is 0. The molecule has 0 spiro atoms. The second kappa shape index (κ2) is 19.0. The summed E-state index contributed by atoms with van der Waals surface area (Å²) < 4.78 is 0. The molecule has 0 bridgehead atoms. The second-order valence-corrected chi connectivity index (χ2v) is 24.7. The fraction of sp³-hybridized carbons (Fsp3) is 0.424. The van der Waals surface area contributed by atoms with Gasteiger partial charge in [0.2, 0.25) is 0 Å². The van der Waals surface area contributed by atoms with Gasteiger partial charge in [-0.15, -0.1) is 0 Å². The van der Waals surface area contributed by atoms with Crippen molar-refractivity contribution in [3.05, 3.63) is 167 Å². The number of rotatable bonds is 16. The molecule has 6 heteroatoms. The predicted molar refractivity (Wildman–Crippen MR) is 313 cm³/mol. The summed E-state index contributed by atoms with van der Waals surface area (Å²) in [6.45, 7) is 31.7. The van der Waals surface area contributed by atoms with Crippen molar-refractivity contribution < 1.29 is 0 Å². The molecule has 72 heavy (non-hydrogen) atoms. The maximum absolute atomic E-state index is 4.31. The molecule has 6 N–H and O–H groups in total. The quantitative estimate of drug-likeness (QED) is 0.0581. The molecule has 0 aromatic heterocycles. The smallest absolute Gasteiger partial charge is 0.0505 e. The van der Waals surface area contributed by atoms with Gasteiger partial charge in [-0.2, -0.15) is 0 Å². The highest BCUT2D eigenvalue weighted by Gasteiger charge is 2.55. The summed E-state index contributed by atoms with van der Waals surface area (Å²) in [6.07, 6.45) is 10.5. The van der Waals surface area contributed by atoms with Crippen molar-refractivity contribution in [3.63, 3.8) is 0 Å². The van der Waals surface area contributed by atoms with E-state index in [0.29, 0.717) is 0 Å². The molecule has 0 amide bonds. The van der Waals surface area contributed by atoms with E-state index in [9.17, 15) is 0 Å². The highest BCUT2D eigenvalue weighted by molar-refractivity contribution is 5.85. The topological polar surface area (TPSA) is 72.2 Å². The first-order valence-electron chi connectivity index (χ1n) is 27.1. The lowest BCUT2D eigenvalue weighted by molar-refractivity contribution is 0.0830. The zero-order valence-electron chi connectivity index (χ0n) is 45.9. The van der Waals surface area contributed by atoms with Crippen LogP contribution in [-0.4, -0.2) is 16.6 Å². The molecule has 3 aliphatic heterocycles. The molecule has 3 unspecified atom stereocenters. The Morgan fingerprint density at radius 3 is 1.67 bits per heavy atom. The van der Waals surface area contributed by atoms with Crippen LogP contribution in [0.3, 0.4) is 0 Å². The SMILES string of the molecule is CCCC(C)(Cc1cc(Nc2ccccc2)cc2c1NC(C)(C)CC2(C)C(CC)(CC)Cc1cc2c(cc1Nc1ccccc1)C(C)=CC(C)(C)N2)C1(C)CC(C)(C)Nc2ccc(Nc3ccccc3)cc21. The Kier molecular flexibility index (Phi) is 13.4. The van der Waals surface area contributed by atoms with Gasteiger partial charge in [-0.3, -0.25) is 0 Å². The lowest BCUT2D eigenvalue weighted by Crippen LogP contribution is -2.55. The standard InChI is InChI=1S/C66H84N6/c1-14-34-63(11,64(12)43-61(7,8)70-56-33-32-51(37-54(56)64)67-48-26-20-17-21-27-48)41-47-35-52(68-49-28-22-18-23-29-49)38-55-59(47)72-62(9,10)44-65(55,13)66(15-2,16-3)42-46-36-58-53(45(4)40-60(5,6)71-58)39-57(46)69-50-30-24-19-25-31-50/h17-33,35-40,67-72H,14-16,34,41-44H2,1-13H3. The van der Waals surface area contributed by atoms with Crippen molar-refractivity contribution in [1.29, 1.82) is 0 Å². The average molecular weight is 961 g/mol. The van der Waals surface area contributed by atoms with E-state index in [0.717, 1.165) is 79.8 Å². The zero-order valence-corrected chi connectivity index (χ0v) is 45.9. The van der Waals surface area contributed by atoms with Gasteiger partial charge in [0.05, 0.1) is 5.54 Å². The first kappa shape index (κ1) is 50.8. The van der Waals surface area contributed by atoms with E-state index < -0.39 is 0 Å². The minimum Gasteiger partial charge on any atom is -0.380 e. The zero-order chi connectivity index (χ0) is 51.3. The molecule has 3 aliphatic rings. The van der Waals surface area contributed by atoms with Gasteiger partial charge >= 0.3 is 0 Å². The Labute approximate surface area is 433 Å². The number of hydrogen-bond acceptors (Lipinski definition) is 6. The lowest BCUT2D eigenvalue weighted by Gasteiger charge is -2.57. The van der Waals surface area contributed by atoms with E-state index in [1.54, 1.807) is 0 Å². The molecule has 3 atom stereocenters. The van der Waals surface area contributed by atoms with Crippen LogP contribution in [0.2, 0.25) is 0 Å². The number of anilines is 9. The van der Waals surface area contributed by atoms with Gasteiger partial charge in [-0.1, -0.05) is 109 Å². The molecule has 0 fully saturated rings. The van der Waals surface area contributed by atoms with Gasteiger partial charge in [0.1, 0.15) is 0 Å². The van der Waals surface area contributed by atoms with Crippen LogP contribution < -0.4 is 31.9 Å². The summed E-state index contributed by atoms with van der Waals surface area (Å²) in [6, 6.07) is 49.1. The number of allylic oxidation sites excluding steroid dienone is 1. The minimum atomic E-state index is -0.224. The Hall–Kier alpha value is -6.14. The molecule has 0 aliphatic carbocycles. The molecule has 6 aromatic carbocycles. The van der Waals surface area contributed by atoms with E-state index in [1.807, 2.05) is 0 Å². The van der Waals surface area contributed by atoms with Crippen LogP contribution in [0.5, 0.6) is 0 Å². The van der Waals surface area contributed by atoms with Crippen molar-refractivity contribution >= 4 is 56.8 Å². The van der Waals surface area contributed by atoms with Crippen LogP contribution in [0.15, 0.2) is 140 Å². The van der Waals surface area contributed by atoms with Gasteiger partial charge in [0, 0.05) is 78.7 Å². The van der Waals surface area contributed by atoms with Crippen LogP contribution >= 0.6 is 0 Å². The molecular weight excluding hydrogens is 877 g/mol. The Morgan fingerprint density at radius 1 is 0.514 bits per heavy atom. The summed E-state index contributed by atoms with van der Waals surface area (Å²) in [4.78, 5) is 0. The summed E-state index contributed by atoms with van der Waals surface area (Å²) >= 11 is 0. The Morgan fingerprint density at radius 2 is 1.07 bits per heavy atom. The van der Waals surface area contributed by atoms with E-state index >= 15 is 0 Å². The summed E-state index contributed by atoms with van der Waals surface area (Å²) in [5.74, 6) is 0. The molecule has 0 saturated carbocycles. The van der Waals surface area contributed by atoms with E-state index in [1.165, 1.54) is 56.1 Å². The largest absolute Gasteiger partial charge is 0.380 e.